The second-order valence-corrected chi connectivity index (χ2v) is 2.67. The van der Waals surface area contributed by atoms with Gasteiger partial charge < -0.3 is 5.73 Å². The van der Waals surface area contributed by atoms with Gasteiger partial charge in [0.15, 0.2) is 17.5 Å². The van der Waals surface area contributed by atoms with Gasteiger partial charge in [-0.2, -0.15) is 0 Å². The molecular weight excluding hydrogens is 187 g/mol. The van der Waals surface area contributed by atoms with Crippen LogP contribution in [0.25, 0.3) is 11.5 Å². The number of hydrogen-bond acceptors (Lipinski definition) is 5. The molecule has 6 nitrogen and oxygen atoms in total. The van der Waals surface area contributed by atoms with E-state index in [1.165, 1.54) is 10.9 Å². The van der Waals surface area contributed by atoms with Gasteiger partial charge in [-0.25, -0.2) is 19.0 Å². The summed E-state index contributed by atoms with van der Waals surface area (Å²) in [6.45, 7) is 0. The molecule has 0 amide bonds. The standard InChI is InChI=1S/C7H7FN6/c1-14-5(3-11-13-14)7-10-2-4(8)6(9)12-7/h2-3H,1H3,(H2,9,10,12). The molecule has 2 heterocycles. The summed E-state index contributed by atoms with van der Waals surface area (Å²) < 4.78 is 14.2. The number of hydrogen-bond donors (Lipinski definition) is 1. The summed E-state index contributed by atoms with van der Waals surface area (Å²) in [6, 6.07) is 0. The number of aromatic nitrogens is 5. The third-order valence-electron chi connectivity index (χ3n) is 1.71. The first-order valence-corrected chi connectivity index (χ1v) is 3.81. The zero-order valence-electron chi connectivity index (χ0n) is 7.35. The number of nitrogens with zero attached hydrogens (tertiary/aromatic N) is 5. The van der Waals surface area contributed by atoms with E-state index in [9.17, 15) is 4.39 Å². The first kappa shape index (κ1) is 8.54. The van der Waals surface area contributed by atoms with Gasteiger partial charge in [-0.1, -0.05) is 5.21 Å². The normalized spacial score (nSPS) is 10.4. The van der Waals surface area contributed by atoms with E-state index in [-0.39, 0.29) is 5.82 Å². The van der Waals surface area contributed by atoms with Crippen molar-refractivity contribution >= 4 is 5.82 Å². The Morgan fingerprint density at radius 1 is 1.43 bits per heavy atom. The molecule has 0 fully saturated rings. The van der Waals surface area contributed by atoms with Gasteiger partial charge in [0, 0.05) is 7.05 Å². The molecule has 2 N–H and O–H groups in total. The minimum Gasteiger partial charge on any atom is -0.381 e. The Labute approximate surface area is 78.6 Å². The summed E-state index contributed by atoms with van der Waals surface area (Å²) in [5, 5.41) is 7.35. The minimum atomic E-state index is -0.635. The molecule has 2 aromatic heterocycles. The molecule has 72 valence electrons. The molecule has 0 radical (unpaired) electrons. The Morgan fingerprint density at radius 3 is 2.79 bits per heavy atom. The van der Waals surface area contributed by atoms with Crippen molar-refractivity contribution in [3.8, 4) is 11.5 Å². The molecule has 0 saturated carbocycles. The first-order valence-electron chi connectivity index (χ1n) is 3.81. The van der Waals surface area contributed by atoms with Crippen molar-refractivity contribution in [2.45, 2.75) is 0 Å². The van der Waals surface area contributed by atoms with E-state index in [1.54, 1.807) is 7.05 Å². The van der Waals surface area contributed by atoms with E-state index < -0.39 is 5.82 Å². The molecule has 7 heteroatoms. The van der Waals surface area contributed by atoms with Gasteiger partial charge in [-0.05, 0) is 0 Å². The smallest absolute Gasteiger partial charge is 0.183 e. The van der Waals surface area contributed by atoms with Crippen molar-refractivity contribution in [2.75, 3.05) is 5.73 Å². The molecule has 0 aliphatic carbocycles. The Morgan fingerprint density at radius 2 is 2.21 bits per heavy atom. The highest BCUT2D eigenvalue weighted by atomic mass is 19.1. The zero-order valence-corrected chi connectivity index (χ0v) is 7.35. The van der Waals surface area contributed by atoms with E-state index in [1.807, 2.05) is 0 Å². The number of nitrogens with two attached hydrogens (primary N) is 1. The number of aryl methyl sites for hydroxylation is 1. The summed E-state index contributed by atoms with van der Waals surface area (Å²) >= 11 is 0. The van der Waals surface area contributed by atoms with Crippen LogP contribution in [0.3, 0.4) is 0 Å². The lowest BCUT2D eigenvalue weighted by molar-refractivity contribution is 0.619. The molecule has 0 aliphatic rings. The van der Waals surface area contributed by atoms with Gasteiger partial charge in [0.2, 0.25) is 0 Å². The monoisotopic (exact) mass is 194 g/mol. The highest BCUT2D eigenvalue weighted by Crippen LogP contribution is 2.14. The zero-order chi connectivity index (χ0) is 10.1. The van der Waals surface area contributed by atoms with Crippen LogP contribution in [0.5, 0.6) is 0 Å². The summed E-state index contributed by atoms with van der Waals surface area (Å²) in [5.74, 6) is -0.517. The van der Waals surface area contributed by atoms with Gasteiger partial charge in [0.05, 0.1) is 12.4 Å². The van der Waals surface area contributed by atoms with E-state index in [0.717, 1.165) is 6.20 Å². The van der Waals surface area contributed by atoms with Crippen molar-refractivity contribution in [1.82, 2.24) is 25.0 Å². The van der Waals surface area contributed by atoms with Crippen LogP contribution >= 0.6 is 0 Å². The fraction of sp³-hybridized carbons (Fsp3) is 0.143. The lowest BCUT2D eigenvalue weighted by Gasteiger charge is -2.00. The van der Waals surface area contributed by atoms with Crippen LogP contribution in [-0.2, 0) is 7.05 Å². The van der Waals surface area contributed by atoms with Gasteiger partial charge in [0.25, 0.3) is 0 Å². The maximum Gasteiger partial charge on any atom is 0.183 e. The lowest BCUT2D eigenvalue weighted by Crippen LogP contribution is -2.02. The first-order chi connectivity index (χ1) is 6.68. The summed E-state index contributed by atoms with van der Waals surface area (Å²) in [4.78, 5) is 7.54. The minimum absolute atomic E-state index is 0.184. The fourth-order valence-corrected chi connectivity index (χ4v) is 0.996. The molecule has 0 saturated heterocycles. The van der Waals surface area contributed by atoms with Gasteiger partial charge >= 0.3 is 0 Å². The molecule has 0 atom stereocenters. The molecule has 0 bridgehead atoms. The second kappa shape index (κ2) is 3.02. The SMILES string of the molecule is Cn1nncc1-c1ncc(F)c(N)n1. The molecular formula is C7H7FN6. The van der Waals surface area contributed by atoms with Crippen LogP contribution in [-0.4, -0.2) is 25.0 Å². The average Bonchev–Trinajstić information content (AvgIpc) is 2.57. The van der Waals surface area contributed by atoms with E-state index in [2.05, 4.69) is 20.3 Å². The van der Waals surface area contributed by atoms with Crippen LogP contribution in [0.1, 0.15) is 0 Å². The molecule has 2 rings (SSSR count). The predicted octanol–water partition coefficient (Wildman–Crippen LogP) is -0.00660. The molecule has 0 aliphatic heterocycles. The van der Waals surface area contributed by atoms with Gasteiger partial charge in [-0.15, -0.1) is 5.10 Å². The van der Waals surface area contributed by atoms with Crippen molar-refractivity contribution < 1.29 is 4.39 Å². The molecule has 0 aromatic carbocycles. The summed E-state index contributed by atoms with van der Waals surface area (Å²) in [5.41, 5.74) is 5.88. The van der Waals surface area contributed by atoms with Crippen molar-refractivity contribution in [3.05, 3.63) is 18.2 Å². The lowest BCUT2D eigenvalue weighted by atomic mass is 10.4. The van der Waals surface area contributed by atoms with Crippen molar-refractivity contribution in [3.63, 3.8) is 0 Å². The average molecular weight is 194 g/mol. The molecule has 0 spiro atoms. The summed E-state index contributed by atoms with van der Waals surface area (Å²) in [7, 11) is 1.69. The maximum atomic E-state index is 12.8. The van der Waals surface area contributed by atoms with Crippen LogP contribution in [0, 0.1) is 5.82 Å². The van der Waals surface area contributed by atoms with Crippen molar-refractivity contribution in [2.24, 2.45) is 7.05 Å². The predicted molar refractivity (Wildman–Crippen MR) is 46.4 cm³/mol. The Hall–Kier alpha value is -2.05. The van der Waals surface area contributed by atoms with Crippen LogP contribution < -0.4 is 5.73 Å². The number of anilines is 1. The maximum absolute atomic E-state index is 12.8. The highest BCUT2D eigenvalue weighted by molar-refractivity contribution is 5.49. The molecule has 0 unspecified atom stereocenters. The summed E-state index contributed by atoms with van der Waals surface area (Å²) in [6.07, 6.45) is 2.50. The van der Waals surface area contributed by atoms with E-state index in [0.29, 0.717) is 11.5 Å². The number of rotatable bonds is 1. The van der Waals surface area contributed by atoms with Crippen LogP contribution in [0.2, 0.25) is 0 Å². The van der Waals surface area contributed by atoms with Crippen LogP contribution in [0.4, 0.5) is 10.2 Å². The largest absolute Gasteiger partial charge is 0.381 e. The molecule has 2 aromatic rings. The number of nitrogen functional groups attached to an aromatic ring is 1. The van der Waals surface area contributed by atoms with E-state index >= 15 is 0 Å². The van der Waals surface area contributed by atoms with Gasteiger partial charge in [-0.3, -0.25) is 0 Å². The third kappa shape index (κ3) is 1.28. The third-order valence-corrected chi connectivity index (χ3v) is 1.71. The van der Waals surface area contributed by atoms with E-state index in [4.69, 9.17) is 5.73 Å². The second-order valence-electron chi connectivity index (χ2n) is 2.67. The number of halogens is 1. The Balaban J connectivity index is 2.53. The van der Waals surface area contributed by atoms with Crippen molar-refractivity contribution in [1.29, 1.82) is 0 Å². The topological polar surface area (TPSA) is 82.5 Å². The van der Waals surface area contributed by atoms with Gasteiger partial charge in [0.1, 0.15) is 5.69 Å². The molecule has 14 heavy (non-hydrogen) atoms. The highest BCUT2D eigenvalue weighted by Gasteiger charge is 2.09. The van der Waals surface area contributed by atoms with Crippen LogP contribution in [0.15, 0.2) is 12.4 Å². The Bertz CT molecular complexity index is 465. The Kier molecular flexibility index (Phi) is 1.84. The quantitative estimate of drug-likeness (QED) is 0.690. The fourth-order valence-electron chi connectivity index (χ4n) is 0.996.